The van der Waals surface area contributed by atoms with Crippen LogP contribution in [0.15, 0.2) is 0 Å². The Bertz CT molecular complexity index is 192. The van der Waals surface area contributed by atoms with Crippen molar-refractivity contribution in [2.45, 2.75) is 58.1 Å². The van der Waals surface area contributed by atoms with Crippen molar-refractivity contribution in [2.75, 3.05) is 13.1 Å². The zero-order chi connectivity index (χ0) is 10.2. The van der Waals surface area contributed by atoms with Crippen LogP contribution in [0.1, 0.15) is 46.0 Å². The van der Waals surface area contributed by atoms with Crippen LogP contribution >= 0.6 is 0 Å². The van der Waals surface area contributed by atoms with E-state index in [2.05, 4.69) is 18.7 Å². The van der Waals surface area contributed by atoms with Crippen LogP contribution in [0, 0.1) is 5.41 Å². The molecule has 2 nitrogen and oxygen atoms in total. The molecule has 82 valence electrons. The Labute approximate surface area is 87.3 Å². The fourth-order valence-corrected chi connectivity index (χ4v) is 2.81. The van der Waals surface area contributed by atoms with E-state index < -0.39 is 0 Å². The lowest BCUT2D eigenvalue weighted by molar-refractivity contribution is 0.0327. The molecule has 0 amide bonds. The molecule has 1 heterocycles. The van der Waals surface area contributed by atoms with Gasteiger partial charge in [-0.15, -0.1) is 0 Å². The number of piperidine rings is 1. The number of nitrogens with zero attached hydrogens (tertiary/aromatic N) is 1. The van der Waals surface area contributed by atoms with E-state index in [9.17, 15) is 5.11 Å². The predicted octanol–water partition coefficient (Wildman–Crippen LogP) is 2.02. The summed E-state index contributed by atoms with van der Waals surface area (Å²) in [5.41, 5.74) is 0.528. The molecule has 0 aromatic rings. The molecule has 2 atom stereocenters. The topological polar surface area (TPSA) is 23.5 Å². The van der Waals surface area contributed by atoms with Crippen molar-refractivity contribution in [3.63, 3.8) is 0 Å². The van der Waals surface area contributed by atoms with Gasteiger partial charge in [0.1, 0.15) is 0 Å². The van der Waals surface area contributed by atoms with Crippen molar-refractivity contribution in [2.24, 2.45) is 5.41 Å². The molecule has 2 heteroatoms. The van der Waals surface area contributed by atoms with Gasteiger partial charge >= 0.3 is 0 Å². The second-order valence-electron chi connectivity index (χ2n) is 5.77. The first-order valence-electron chi connectivity index (χ1n) is 6.01. The molecule has 1 aliphatic heterocycles. The molecule has 1 aliphatic carbocycles. The smallest absolute Gasteiger partial charge is 0.0695 e. The van der Waals surface area contributed by atoms with Gasteiger partial charge in [0.2, 0.25) is 0 Å². The molecule has 0 unspecified atom stereocenters. The number of likely N-dealkylation sites (tertiary alicyclic amines) is 1. The van der Waals surface area contributed by atoms with Crippen LogP contribution in [-0.4, -0.2) is 35.2 Å². The summed E-state index contributed by atoms with van der Waals surface area (Å²) >= 11 is 0. The van der Waals surface area contributed by atoms with Gasteiger partial charge in [0.25, 0.3) is 0 Å². The number of hydrogen-bond acceptors (Lipinski definition) is 2. The lowest BCUT2D eigenvalue weighted by atomic mass is 9.82. The molecular weight excluding hydrogens is 174 g/mol. The maximum atomic E-state index is 9.83. The summed E-state index contributed by atoms with van der Waals surface area (Å²) in [6, 6.07) is 0.478. The highest BCUT2D eigenvalue weighted by Crippen LogP contribution is 2.33. The average Bonchev–Trinajstić information content (AvgIpc) is 2.52. The van der Waals surface area contributed by atoms with Crippen molar-refractivity contribution in [3.8, 4) is 0 Å². The number of aliphatic hydroxyl groups excluding tert-OH is 1. The lowest BCUT2D eigenvalue weighted by Crippen LogP contribution is -2.46. The van der Waals surface area contributed by atoms with E-state index in [-0.39, 0.29) is 6.10 Å². The molecule has 1 saturated carbocycles. The second kappa shape index (κ2) is 3.82. The maximum Gasteiger partial charge on any atom is 0.0695 e. The Morgan fingerprint density at radius 1 is 1.14 bits per heavy atom. The molecule has 2 rings (SSSR count). The Hall–Kier alpha value is -0.0800. The molecule has 0 bridgehead atoms. The number of hydrogen-bond donors (Lipinski definition) is 1. The fraction of sp³-hybridized carbons (Fsp3) is 1.00. The van der Waals surface area contributed by atoms with Crippen LogP contribution in [0.5, 0.6) is 0 Å². The Morgan fingerprint density at radius 3 is 2.29 bits per heavy atom. The fourth-order valence-electron chi connectivity index (χ4n) is 2.81. The number of rotatable bonds is 1. The minimum atomic E-state index is -0.0452. The van der Waals surface area contributed by atoms with Crippen molar-refractivity contribution in [1.29, 1.82) is 0 Å². The quantitative estimate of drug-likeness (QED) is 0.695. The Morgan fingerprint density at radius 2 is 1.79 bits per heavy atom. The van der Waals surface area contributed by atoms with Crippen LogP contribution < -0.4 is 0 Å². The van der Waals surface area contributed by atoms with Gasteiger partial charge in [-0.3, -0.25) is 4.90 Å². The summed E-state index contributed by atoms with van der Waals surface area (Å²) < 4.78 is 0. The summed E-state index contributed by atoms with van der Waals surface area (Å²) in [5, 5.41) is 9.83. The van der Waals surface area contributed by atoms with E-state index >= 15 is 0 Å². The molecule has 2 fully saturated rings. The molecule has 0 aromatic carbocycles. The van der Waals surface area contributed by atoms with Gasteiger partial charge in [-0.25, -0.2) is 0 Å². The largest absolute Gasteiger partial charge is 0.391 e. The standard InChI is InChI=1S/C12H23NO/c1-12(2)6-8-13(9-7-12)10-4-3-5-11(10)14/h10-11,14H,3-9H2,1-2H3/t10-,11-/m0/s1. The SMILES string of the molecule is CC1(C)CCN([C@H]2CCC[C@@H]2O)CC1. The molecular formula is C12H23NO. The molecule has 2 aliphatic rings. The Balaban J connectivity index is 1.89. The van der Waals surface area contributed by atoms with Crippen LogP contribution in [0.2, 0.25) is 0 Å². The zero-order valence-corrected chi connectivity index (χ0v) is 9.50. The first-order chi connectivity index (χ1) is 6.58. The molecule has 14 heavy (non-hydrogen) atoms. The maximum absolute atomic E-state index is 9.83. The van der Waals surface area contributed by atoms with E-state index in [0.717, 1.165) is 6.42 Å². The van der Waals surface area contributed by atoms with Crippen molar-refractivity contribution < 1.29 is 5.11 Å². The van der Waals surface area contributed by atoms with Crippen LogP contribution in [-0.2, 0) is 0 Å². The second-order valence-corrected chi connectivity index (χ2v) is 5.77. The van der Waals surface area contributed by atoms with Crippen LogP contribution in [0.3, 0.4) is 0 Å². The van der Waals surface area contributed by atoms with Gasteiger partial charge in [0.05, 0.1) is 6.10 Å². The van der Waals surface area contributed by atoms with E-state index in [1.165, 1.54) is 38.8 Å². The van der Waals surface area contributed by atoms with E-state index in [1.807, 2.05) is 0 Å². The van der Waals surface area contributed by atoms with Gasteiger partial charge in [-0.1, -0.05) is 13.8 Å². The normalized spacial score (nSPS) is 38.8. The first kappa shape index (κ1) is 10.4. The van der Waals surface area contributed by atoms with Crippen molar-refractivity contribution in [3.05, 3.63) is 0 Å². The van der Waals surface area contributed by atoms with Gasteiger partial charge < -0.3 is 5.11 Å². The molecule has 0 aromatic heterocycles. The number of aliphatic hydroxyl groups is 1. The average molecular weight is 197 g/mol. The zero-order valence-electron chi connectivity index (χ0n) is 9.50. The lowest BCUT2D eigenvalue weighted by Gasteiger charge is -2.40. The third-order valence-electron chi connectivity index (χ3n) is 4.06. The monoisotopic (exact) mass is 197 g/mol. The first-order valence-corrected chi connectivity index (χ1v) is 6.01. The highest BCUT2D eigenvalue weighted by atomic mass is 16.3. The molecule has 0 radical (unpaired) electrons. The van der Waals surface area contributed by atoms with Gasteiger partial charge in [-0.2, -0.15) is 0 Å². The molecule has 1 saturated heterocycles. The van der Waals surface area contributed by atoms with Gasteiger partial charge in [0, 0.05) is 6.04 Å². The van der Waals surface area contributed by atoms with Gasteiger partial charge in [0.15, 0.2) is 0 Å². The van der Waals surface area contributed by atoms with Gasteiger partial charge in [-0.05, 0) is 50.6 Å². The third-order valence-corrected chi connectivity index (χ3v) is 4.06. The third kappa shape index (κ3) is 2.12. The summed E-state index contributed by atoms with van der Waals surface area (Å²) in [6.45, 7) is 7.09. The predicted molar refractivity (Wildman–Crippen MR) is 58.2 cm³/mol. The summed E-state index contributed by atoms with van der Waals surface area (Å²) in [7, 11) is 0. The van der Waals surface area contributed by atoms with Crippen LogP contribution in [0.25, 0.3) is 0 Å². The molecule has 0 spiro atoms. The summed E-state index contributed by atoms with van der Waals surface area (Å²) in [4.78, 5) is 2.52. The van der Waals surface area contributed by atoms with E-state index in [1.54, 1.807) is 0 Å². The van der Waals surface area contributed by atoms with Crippen molar-refractivity contribution >= 4 is 0 Å². The highest BCUT2D eigenvalue weighted by Gasteiger charge is 2.34. The van der Waals surface area contributed by atoms with Crippen LogP contribution in [0.4, 0.5) is 0 Å². The van der Waals surface area contributed by atoms with E-state index in [0.29, 0.717) is 11.5 Å². The minimum absolute atomic E-state index is 0.0452. The minimum Gasteiger partial charge on any atom is -0.391 e. The Kier molecular flexibility index (Phi) is 2.85. The highest BCUT2D eigenvalue weighted by molar-refractivity contribution is 4.89. The summed E-state index contributed by atoms with van der Waals surface area (Å²) in [5.74, 6) is 0. The van der Waals surface area contributed by atoms with Crippen molar-refractivity contribution in [1.82, 2.24) is 4.90 Å². The summed E-state index contributed by atoms with van der Waals surface area (Å²) in [6.07, 6.45) is 5.97. The van der Waals surface area contributed by atoms with E-state index in [4.69, 9.17) is 0 Å². The molecule has 1 N–H and O–H groups in total.